The van der Waals surface area contributed by atoms with Gasteiger partial charge in [-0.3, -0.25) is 10.2 Å². The van der Waals surface area contributed by atoms with Crippen molar-refractivity contribution in [1.29, 1.82) is 5.41 Å². The third-order valence-corrected chi connectivity index (χ3v) is 2.59. The van der Waals surface area contributed by atoms with Gasteiger partial charge in [0.1, 0.15) is 0 Å². The fraction of sp³-hybridized carbons (Fsp3) is 0.467. The Morgan fingerprint density at radius 3 is 2.00 bits per heavy atom. The van der Waals surface area contributed by atoms with Gasteiger partial charge < -0.3 is 10.8 Å². The molecule has 4 heteroatoms. The maximum atomic E-state index is 9.00. The monoisotopic (exact) mass is 264 g/mol. The lowest BCUT2D eigenvalue weighted by atomic mass is 9.96. The molecule has 0 heterocycles. The van der Waals surface area contributed by atoms with E-state index < -0.39 is 5.97 Å². The first-order valence-electron chi connectivity index (χ1n) is 6.36. The molecule has 106 valence electrons. The number of hydrogen-bond donors (Lipinski definition) is 3. The highest BCUT2D eigenvalue weighted by Gasteiger charge is 2.07. The fourth-order valence-corrected chi connectivity index (χ4v) is 1.59. The van der Waals surface area contributed by atoms with Crippen LogP contribution in [0.4, 0.5) is 0 Å². The van der Waals surface area contributed by atoms with Gasteiger partial charge >= 0.3 is 0 Å². The van der Waals surface area contributed by atoms with Gasteiger partial charge in [-0.2, -0.15) is 0 Å². The maximum Gasteiger partial charge on any atom is 0.300 e. The van der Waals surface area contributed by atoms with Crippen LogP contribution >= 0.6 is 0 Å². The van der Waals surface area contributed by atoms with Crippen molar-refractivity contribution in [2.45, 2.75) is 40.0 Å². The number of benzene rings is 1. The minimum atomic E-state index is -0.833. The van der Waals surface area contributed by atoms with Crippen molar-refractivity contribution < 1.29 is 9.90 Å². The number of aliphatic carboxylic acids is 1. The van der Waals surface area contributed by atoms with Gasteiger partial charge in [-0.05, 0) is 23.5 Å². The Labute approximate surface area is 115 Å². The van der Waals surface area contributed by atoms with Crippen LogP contribution in [0.5, 0.6) is 0 Å². The second-order valence-corrected chi connectivity index (χ2v) is 5.04. The Morgan fingerprint density at radius 2 is 1.68 bits per heavy atom. The first kappa shape index (κ1) is 17.2. The van der Waals surface area contributed by atoms with Gasteiger partial charge in [0, 0.05) is 12.8 Å². The van der Waals surface area contributed by atoms with E-state index in [4.69, 9.17) is 21.0 Å². The summed E-state index contributed by atoms with van der Waals surface area (Å²) in [7, 11) is 0. The van der Waals surface area contributed by atoms with E-state index in [1.165, 1.54) is 5.56 Å². The molecule has 19 heavy (non-hydrogen) atoms. The van der Waals surface area contributed by atoms with Crippen molar-refractivity contribution in [3.05, 3.63) is 35.4 Å². The van der Waals surface area contributed by atoms with E-state index in [-0.39, 0.29) is 11.8 Å². The molecule has 0 aliphatic heterocycles. The Hall–Kier alpha value is -1.84. The zero-order valence-electron chi connectivity index (χ0n) is 12.1. The molecule has 0 fully saturated rings. The van der Waals surface area contributed by atoms with Gasteiger partial charge in [-0.25, -0.2) is 0 Å². The predicted octanol–water partition coefficient (Wildman–Crippen LogP) is 3.02. The lowest BCUT2D eigenvalue weighted by molar-refractivity contribution is -0.134. The highest BCUT2D eigenvalue weighted by Crippen LogP contribution is 2.16. The number of carboxylic acids is 1. The molecular weight excluding hydrogens is 240 g/mol. The minimum absolute atomic E-state index is 0.0260. The molecule has 4 N–H and O–H groups in total. The van der Waals surface area contributed by atoms with Crippen molar-refractivity contribution in [3.8, 4) is 0 Å². The van der Waals surface area contributed by atoms with Crippen LogP contribution in [-0.4, -0.2) is 16.9 Å². The van der Waals surface area contributed by atoms with E-state index >= 15 is 0 Å². The molecule has 0 spiro atoms. The molecule has 4 nitrogen and oxygen atoms in total. The normalized spacial score (nSPS) is 11.4. The minimum Gasteiger partial charge on any atom is -0.481 e. The zero-order valence-corrected chi connectivity index (χ0v) is 12.1. The SMILES string of the molecule is CC(=O)O.CC(C)Cc1ccc(C(C)C(=N)N)cc1. The topological polar surface area (TPSA) is 87.2 Å². The van der Waals surface area contributed by atoms with Gasteiger partial charge in [0.15, 0.2) is 0 Å². The summed E-state index contributed by atoms with van der Waals surface area (Å²) in [6.07, 6.45) is 1.11. The summed E-state index contributed by atoms with van der Waals surface area (Å²) in [4.78, 5) is 9.00. The molecule has 1 unspecified atom stereocenters. The quantitative estimate of drug-likeness (QED) is 0.577. The molecule has 0 aliphatic carbocycles. The number of rotatable bonds is 4. The number of carboxylic acid groups (broad SMARTS) is 1. The summed E-state index contributed by atoms with van der Waals surface area (Å²) in [5.41, 5.74) is 7.94. The van der Waals surface area contributed by atoms with Crippen molar-refractivity contribution in [2.75, 3.05) is 0 Å². The predicted molar refractivity (Wildman–Crippen MR) is 78.6 cm³/mol. The van der Waals surface area contributed by atoms with E-state index in [9.17, 15) is 0 Å². The first-order valence-corrected chi connectivity index (χ1v) is 6.36. The van der Waals surface area contributed by atoms with Crippen LogP contribution in [0, 0.1) is 11.3 Å². The number of nitrogens with two attached hydrogens (primary N) is 1. The van der Waals surface area contributed by atoms with Crippen molar-refractivity contribution in [3.63, 3.8) is 0 Å². The van der Waals surface area contributed by atoms with Crippen LogP contribution in [0.2, 0.25) is 0 Å². The summed E-state index contributed by atoms with van der Waals surface area (Å²) < 4.78 is 0. The Balaban J connectivity index is 0.000000711. The van der Waals surface area contributed by atoms with Crippen molar-refractivity contribution in [2.24, 2.45) is 11.7 Å². The molecular formula is C15H24N2O2. The van der Waals surface area contributed by atoms with Gasteiger partial charge in [-0.15, -0.1) is 0 Å². The Morgan fingerprint density at radius 1 is 1.26 bits per heavy atom. The summed E-state index contributed by atoms with van der Waals surface area (Å²) in [6, 6.07) is 8.41. The molecule has 1 rings (SSSR count). The van der Waals surface area contributed by atoms with E-state index in [0.717, 1.165) is 18.9 Å². The van der Waals surface area contributed by atoms with Gasteiger partial charge in [0.2, 0.25) is 0 Å². The van der Waals surface area contributed by atoms with Crippen molar-refractivity contribution >= 4 is 11.8 Å². The molecule has 0 aromatic heterocycles. The van der Waals surface area contributed by atoms with Crippen LogP contribution in [0.25, 0.3) is 0 Å². The molecule has 1 atom stereocenters. The molecule has 0 bridgehead atoms. The van der Waals surface area contributed by atoms with Crippen LogP contribution in [-0.2, 0) is 11.2 Å². The summed E-state index contributed by atoms with van der Waals surface area (Å²) in [6.45, 7) is 7.47. The lowest BCUT2D eigenvalue weighted by Crippen LogP contribution is -2.17. The van der Waals surface area contributed by atoms with Crippen LogP contribution in [0.15, 0.2) is 24.3 Å². The number of nitrogens with one attached hydrogen (secondary N) is 1. The maximum absolute atomic E-state index is 9.00. The molecule has 0 saturated heterocycles. The molecule has 0 amide bonds. The smallest absolute Gasteiger partial charge is 0.300 e. The van der Waals surface area contributed by atoms with Gasteiger partial charge in [-0.1, -0.05) is 45.0 Å². The average molecular weight is 264 g/mol. The average Bonchev–Trinajstić information content (AvgIpc) is 2.27. The van der Waals surface area contributed by atoms with Crippen molar-refractivity contribution in [1.82, 2.24) is 0 Å². The number of hydrogen-bond acceptors (Lipinski definition) is 2. The first-order chi connectivity index (χ1) is 8.73. The highest BCUT2D eigenvalue weighted by atomic mass is 16.4. The second kappa shape index (κ2) is 8.29. The van der Waals surface area contributed by atoms with E-state index in [1.54, 1.807) is 0 Å². The van der Waals surface area contributed by atoms with Crippen LogP contribution in [0.1, 0.15) is 44.7 Å². The zero-order chi connectivity index (χ0) is 15.0. The fourth-order valence-electron chi connectivity index (χ4n) is 1.59. The molecule has 0 saturated carbocycles. The molecule has 1 aromatic rings. The molecule has 1 aromatic carbocycles. The van der Waals surface area contributed by atoms with E-state index in [0.29, 0.717) is 5.92 Å². The summed E-state index contributed by atoms with van der Waals surface area (Å²) in [5, 5.41) is 14.8. The molecule has 0 radical (unpaired) electrons. The summed E-state index contributed by atoms with van der Waals surface area (Å²) >= 11 is 0. The van der Waals surface area contributed by atoms with Gasteiger partial charge in [0.05, 0.1) is 5.84 Å². The van der Waals surface area contributed by atoms with E-state index in [2.05, 4.69) is 38.1 Å². The summed E-state index contributed by atoms with van der Waals surface area (Å²) in [5.74, 6) is 0.103. The lowest BCUT2D eigenvalue weighted by Gasteiger charge is -2.11. The number of amidine groups is 1. The van der Waals surface area contributed by atoms with Crippen LogP contribution in [0.3, 0.4) is 0 Å². The Kier molecular flexibility index (Phi) is 7.49. The highest BCUT2D eigenvalue weighted by molar-refractivity contribution is 5.84. The third-order valence-electron chi connectivity index (χ3n) is 2.59. The number of carbonyl (C=O) groups is 1. The van der Waals surface area contributed by atoms with Gasteiger partial charge in [0.25, 0.3) is 5.97 Å². The standard InChI is InChI=1S/C13H20N2.C2H4O2/c1-9(2)8-11-4-6-12(7-5-11)10(3)13(14)15;1-2(3)4/h4-7,9-10H,8H2,1-3H3,(H3,14,15);1H3,(H,3,4). The largest absolute Gasteiger partial charge is 0.481 e. The second-order valence-electron chi connectivity index (χ2n) is 5.04. The van der Waals surface area contributed by atoms with E-state index in [1.807, 2.05) is 6.92 Å². The molecule has 0 aliphatic rings. The van der Waals surface area contributed by atoms with Crippen LogP contribution < -0.4 is 5.73 Å². The third kappa shape index (κ3) is 7.97. The Bertz CT molecular complexity index is 407.